The average Bonchev–Trinajstić information content (AvgIpc) is 3.10. The van der Waals surface area contributed by atoms with Crippen molar-refractivity contribution in [3.63, 3.8) is 0 Å². The van der Waals surface area contributed by atoms with Crippen molar-refractivity contribution in [1.29, 1.82) is 0 Å². The van der Waals surface area contributed by atoms with Crippen LogP contribution in [-0.4, -0.2) is 23.1 Å². The third kappa shape index (κ3) is 3.97. The number of fused-ring (bicyclic) bond motifs is 1. The van der Waals surface area contributed by atoms with E-state index in [-0.39, 0.29) is 11.4 Å². The van der Waals surface area contributed by atoms with Gasteiger partial charge in [0, 0.05) is 19.2 Å². The lowest BCUT2D eigenvalue weighted by molar-refractivity contribution is 0.371. The van der Waals surface area contributed by atoms with Crippen molar-refractivity contribution in [2.45, 2.75) is 46.0 Å². The molecule has 1 fully saturated rings. The molecular weight excluding hydrogens is 395 g/mol. The van der Waals surface area contributed by atoms with Crippen molar-refractivity contribution >= 4 is 27.4 Å². The Hall–Kier alpha value is -2.15. The highest BCUT2D eigenvalue weighted by Gasteiger charge is 2.24. The lowest BCUT2D eigenvalue weighted by Gasteiger charge is -2.33. The van der Waals surface area contributed by atoms with Crippen LogP contribution in [0.25, 0.3) is 21.6 Å². The van der Waals surface area contributed by atoms with Crippen molar-refractivity contribution in [1.82, 2.24) is 9.97 Å². The summed E-state index contributed by atoms with van der Waals surface area (Å²) in [5, 5.41) is 2.00. The molecule has 154 valence electrons. The molecule has 1 saturated heterocycles. The van der Waals surface area contributed by atoms with Gasteiger partial charge in [-0.3, -0.25) is 0 Å². The van der Waals surface area contributed by atoms with E-state index in [1.807, 2.05) is 12.3 Å². The van der Waals surface area contributed by atoms with Crippen LogP contribution in [0.1, 0.15) is 44.6 Å². The molecule has 0 radical (unpaired) electrons. The number of anilines is 1. The number of aromatic nitrogens is 2. The van der Waals surface area contributed by atoms with Gasteiger partial charge in [0.25, 0.3) is 0 Å². The first kappa shape index (κ1) is 20.1. The topological polar surface area (TPSA) is 29.0 Å². The van der Waals surface area contributed by atoms with E-state index in [4.69, 9.17) is 0 Å². The summed E-state index contributed by atoms with van der Waals surface area (Å²) in [6, 6.07) is 1.39. The molecule has 2 aromatic heterocycles. The van der Waals surface area contributed by atoms with Gasteiger partial charge in [-0.15, -0.1) is 11.3 Å². The van der Waals surface area contributed by atoms with Gasteiger partial charge in [0.15, 0.2) is 23.3 Å². The third-order valence-corrected chi connectivity index (χ3v) is 6.79. The van der Waals surface area contributed by atoms with E-state index < -0.39 is 17.5 Å². The standard InChI is InChI=1S/C22H24F3N3S/c1-3-4-5-14-6-8-28(9-7-14)22-20-19(13(2)12-29-20)26-21(27-22)15-10-17(24)18(25)11-16(15)23/h10-12,14H,3-9H2,1-2H3. The lowest BCUT2D eigenvalue weighted by atomic mass is 9.92. The molecule has 4 rings (SSSR count). The molecule has 1 aliphatic rings. The molecule has 29 heavy (non-hydrogen) atoms. The Kier molecular flexibility index (Phi) is 5.76. The Morgan fingerprint density at radius 3 is 2.52 bits per heavy atom. The van der Waals surface area contributed by atoms with Crippen LogP contribution in [0.5, 0.6) is 0 Å². The number of hydrogen-bond acceptors (Lipinski definition) is 4. The second kappa shape index (κ2) is 8.30. The highest BCUT2D eigenvalue weighted by atomic mass is 32.1. The number of unbranched alkanes of at least 4 members (excludes halogenated alkanes) is 1. The van der Waals surface area contributed by atoms with E-state index in [9.17, 15) is 13.2 Å². The maximum atomic E-state index is 14.4. The van der Waals surface area contributed by atoms with E-state index >= 15 is 0 Å². The summed E-state index contributed by atoms with van der Waals surface area (Å²) in [4.78, 5) is 11.3. The molecule has 0 aliphatic carbocycles. The zero-order chi connectivity index (χ0) is 20.5. The largest absolute Gasteiger partial charge is 0.355 e. The molecule has 1 aliphatic heterocycles. The van der Waals surface area contributed by atoms with Gasteiger partial charge in [-0.05, 0) is 42.7 Å². The maximum absolute atomic E-state index is 14.4. The molecule has 0 N–H and O–H groups in total. The van der Waals surface area contributed by atoms with Crippen LogP contribution in [0.3, 0.4) is 0 Å². The summed E-state index contributed by atoms with van der Waals surface area (Å²) in [5.74, 6) is -1.59. The molecule has 7 heteroatoms. The van der Waals surface area contributed by atoms with Gasteiger partial charge in [-0.25, -0.2) is 23.1 Å². The fourth-order valence-corrected chi connectivity index (χ4v) is 4.98. The predicted molar refractivity (Wildman–Crippen MR) is 112 cm³/mol. The minimum absolute atomic E-state index is 0.0958. The van der Waals surface area contributed by atoms with Crippen molar-refractivity contribution in [2.75, 3.05) is 18.0 Å². The number of nitrogens with zero attached hydrogens (tertiary/aromatic N) is 3. The van der Waals surface area contributed by atoms with Crippen molar-refractivity contribution in [3.05, 3.63) is 40.5 Å². The fourth-order valence-electron chi connectivity index (χ4n) is 3.97. The van der Waals surface area contributed by atoms with Crippen LogP contribution in [0.4, 0.5) is 19.0 Å². The predicted octanol–water partition coefficient (Wildman–Crippen LogP) is 6.49. The van der Waals surface area contributed by atoms with E-state index in [1.54, 1.807) is 11.3 Å². The highest BCUT2D eigenvalue weighted by molar-refractivity contribution is 7.18. The van der Waals surface area contributed by atoms with Gasteiger partial charge in [0.2, 0.25) is 0 Å². The minimum Gasteiger partial charge on any atom is -0.355 e. The van der Waals surface area contributed by atoms with Crippen molar-refractivity contribution in [3.8, 4) is 11.4 Å². The zero-order valence-corrected chi connectivity index (χ0v) is 17.5. The number of thiophene rings is 1. The maximum Gasteiger partial charge on any atom is 0.165 e. The van der Waals surface area contributed by atoms with Crippen LogP contribution in [0.2, 0.25) is 0 Å². The summed E-state index contributed by atoms with van der Waals surface area (Å²) in [5.41, 5.74) is 1.60. The molecule has 0 amide bonds. The fraction of sp³-hybridized carbons (Fsp3) is 0.455. The van der Waals surface area contributed by atoms with Crippen LogP contribution in [0, 0.1) is 30.3 Å². The monoisotopic (exact) mass is 419 g/mol. The number of benzene rings is 1. The Labute approximate surface area is 172 Å². The SMILES string of the molecule is CCCCC1CCN(c2nc(-c3cc(F)c(F)cc3F)nc3c(C)csc23)CC1. The summed E-state index contributed by atoms with van der Waals surface area (Å²) >= 11 is 1.57. The van der Waals surface area contributed by atoms with Crippen LogP contribution in [-0.2, 0) is 0 Å². The first-order valence-corrected chi connectivity index (χ1v) is 11.0. The first-order valence-electron chi connectivity index (χ1n) is 10.1. The van der Waals surface area contributed by atoms with Crippen molar-refractivity contribution < 1.29 is 13.2 Å². The number of halogens is 3. The van der Waals surface area contributed by atoms with E-state index in [1.165, 1.54) is 19.3 Å². The summed E-state index contributed by atoms with van der Waals surface area (Å²) < 4.78 is 42.5. The Morgan fingerprint density at radius 1 is 1.07 bits per heavy atom. The van der Waals surface area contributed by atoms with Gasteiger partial charge in [-0.1, -0.05) is 26.2 Å². The van der Waals surface area contributed by atoms with Crippen LogP contribution >= 0.6 is 11.3 Å². The smallest absolute Gasteiger partial charge is 0.165 e. The second-order valence-electron chi connectivity index (χ2n) is 7.79. The summed E-state index contributed by atoms with van der Waals surface area (Å²) in [6.07, 6.45) is 5.93. The normalized spacial score (nSPS) is 15.4. The third-order valence-electron chi connectivity index (χ3n) is 5.71. The molecule has 0 saturated carbocycles. The van der Waals surface area contributed by atoms with Gasteiger partial charge < -0.3 is 4.90 Å². The van der Waals surface area contributed by atoms with Gasteiger partial charge in [-0.2, -0.15) is 0 Å². The van der Waals surface area contributed by atoms with Gasteiger partial charge >= 0.3 is 0 Å². The number of hydrogen-bond donors (Lipinski definition) is 0. The van der Waals surface area contributed by atoms with E-state index in [2.05, 4.69) is 21.8 Å². The number of rotatable bonds is 5. The van der Waals surface area contributed by atoms with Gasteiger partial charge in [0.05, 0.1) is 15.8 Å². The molecule has 0 atom stereocenters. The molecule has 3 nitrogen and oxygen atoms in total. The molecule has 0 bridgehead atoms. The van der Waals surface area contributed by atoms with E-state index in [0.717, 1.165) is 59.5 Å². The second-order valence-corrected chi connectivity index (χ2v) is 8.67. The molecule has 0 spiro atoms. The first-order chi connectivity index (χ1) is 14.0. The van der Waals surface area contributed by atoms with E-state index in [0.29, 0.717) is 6.07 Å². The zero-order valence-electron chi connectivity index (χ0n) is 16.6. The Bertz CT molecular complexity index is 1030. The Balaban J connectivity index is 1.73. The molecule has 0 unspecified atom stereocenters. The summed E-state index contributed by atoms with van der Waals surface area (Å²) in [6.45, 7) is 5.93. The minimum atomic E-state index is -1.21. The van der Waals surface area contributed by atoms with Crippen LogP contribution < -0.4 is 4.90 Å². The number of piperidine rings is 1. The Morgan fingerprint density at radius 2 is 1.79 bits per heavy atom. The molecular formula is C22H24F3N3S. The molecule has 3 aromatic rings. The number of aryl methyl sites for hydroxylation is 1. The molecule has 1 aromatic carbocycles. The van der Waals surface area contributed by atoms with Crippen LogP contribution in [0.15, 0.2) is 17.5 Å². The molecule has 3 heterocycles. The lowest BCUT2D eigenvalue weighted by Crippen LogP contribution is -2.34. The highest BCUT2D eigenvalue weighted by Crippen LogP contribution is 2.36. The summed E-state index contributed by atoms with van der Waals surface area (Å²) in [7, 11) is 0. The van der Waals surface area contributed by atoms with Crippen molar-refractivity contribution in [2.24, 2.45) is 5.92 Å². The van der Waals surface area contributed by atoms with Gasteiger partial charge in [0.1, 0.15) is 5.82 Å². The quantitative estimate of drug-likeness (QED) is 0.443. The average molecular weight is 420 g/mol.